The lowest BCUT2D eigenvalue weighted by Crippen LogP contribution is -2.62. The Labute approximate surface area is 660 Å². The molecule has 29 heteroatoms. The number of allylic oxidation sites excluding steroid dienone is 1. The molecular weight excluding hydrogens is 1500 g/mol. The van der Waals surface area contributed by atoms with Gasteiger partial charge in [0.2, 0.25) is 41.4 Å². The number of ether oxygens (including phenoxy) is 1. The number of carbonyl (C=O) groups excluding carboxylic acids is 10. The average Bonchev–Trinajstić information content (AvgIpc) is 0.772. The minimum absolute atomic E-state index is 0.0658. The molecule has 1 aliphatic carbocycles. The summed E-state index contributed by atoms with van der Waals surface area (Å²) >= 11 is 1.31. The highest BCUT2D eigenvalue weighted by Crippen LogP contribution is 2.49. The first kappa shape index (κ1) is 85.4. The number of aliphatic hydroxyl groups excluding tert-OH is 1. The molecule has 9 atom stereocenters. The fourth-order valence-electron chi connectivity index (χ4n) is 12.9. The summed E-state index contributed by atoms with van der Waals surface area (Å²) in [5, 5.41) is 46.4. The van der Waals surface area contributed by atoms with E-state index in [-0.39, 0.29) is 74.6 Å². The van der Waals surface area contributed by atoms with E-state index in [1.165, 1.54) is 43.0 Å². The van der Waals surface area contributed by atoms with Crippen molar-refractivity contribution in [1.29, 1.82) is 0 Å². The maximum Gasteiger partial charge on any atom is 0.416 e. The van der Waals surface area contributed by atoms with Crippen molar-refractivity contribution in [1.82, 2.24) is 47.9 Å². The normalized spacial score (nSPS) is 19.1. The predicted octanol–water partition coefficient (Wildman–Crippen LogP) is 9.26. The summed E-state index contributed by atoms with van der Waals surface area (Å²) in [5.41, 5.74) is 10.6. The number of phenolic OH excluding ortho intramolecular Hbond substituents is 1. The minimum Gasteiger partial charge on any atom is -0.508 e. The fourth-order valence-corrected chi connectivity index (χ4v) is 16.8. The van der Waals surface area contributed by atoms with Gasteiger partial charge in [0.05, 0.1) is 22.5 Å². The largest absolute Gasteiger partial charge is 0.508 e. The zero-order valence-electron chi connectivity index (χ0n) is 62.3. The number of hydrogen-bond donors (Lipinski definition) is 12. The van der Waals surface area contributed by atoms with Crippen LogP contribution >= 0.6 is 33.3 Å². The van der Waals surface area contributed by atoms with Crippen LogP contribution in [0.15, 0.2) is 200 Å². The molecule has 9 rings (SSSR count). The van der Waals surface area contributed by atoms with Gasteiger partial charge in [-0.05, 0) is 134 Å². The first-order valence-corrected chi connectivity index (χ1v) is 40.1. The van der Waals surface area contributed by atoms with E-state index in [0.29, 0.717) is 28.7 Å². The van der Waals surface area contributed by atoms with Crippen molar-refractivity contribution < 1.29 is 76.1 Å². The number of unbranched alkanes of at least 4 members (excludes halogenated alkanes) is 1. The molecule has 2 aliphatic rings. The fraction of sp³-hybridized carbons (Fsp3) is 0.349. The Hall–Kier alpha value is -10.6. The van der Waals surface area contributed by atoms with Crippen LogP contribution in [0, 0.1) is 5.92 Å². The molecule has 1 heterocycles. The molecule has 0 bridgehead atoms. The second-order valence-electron chi connectivity index (χ2n) is 28.3. The number of alkyl halides is 3. The number of aliphatic hydroxyl groups is 1. The van der Waals surface area contributed by atoms with E-state index in [9.17, 15) is 37.8 Å². The predicted molar refractivity (Wildman–Crippen MR) is 426 cm³/mol. The van der Waals surface area contributed by atoms with E-state index in [1.807, 2.05) is 121 Å². The number of thioether (sulfide) groups is 1. The number of alkyl carbamates (subject to hydrolysis) is 1. The average molecular weight is 1590 g/mol. The molecule has 1 aliphatic heterocycles. The van der Waals surface area contributed by atoms with Crippen molar-refractivity contribution >= 4 is 98.2 Å². The third-order valence-electron chi connectivity index (χ3n) is 18.7. The van der Waals surface area contributed by atoms with Crippen molar-refractivity contribution in [3.8, 4) is 5.75 Å². The minimum atomic E-state index is -4.62. The first-order chi connectivity index (χ1) is 53.5. The van der Waals surface area contributed by atoms with Gasteiger partial charge in [-0.1, -0.05) is 198 Å². The van der Waals surface area contributed by atoms with Gasteiger partial charge in [-0.15, -0.1) is 11.8 Å². The van der Waals surface area contributed by atoms with Crippen LogP contribution in [0.25, 0.3) is 5.57 Å². The monoisotopic (exact) mass is 1590 g/mol. The Morgan fingerprint density at radius 1 is 0.616 bits per heavy atom. The van der Waals surface area contributed by atoms with Crippen LogP contribution in [-0.2, 0) is 79.8 Å². The number of phenols is 1. The van der Waals surface area contributed by atoms with Gasteiger partial charge in [0, 0.05) is 55.5 Å². The number of Topliss-reactive ketones (excluding diaryl/α,β-unsaturated/α-hetero) is 1. The van der Waals surface area contributed by atoms with Crippen LogP contribution in [-0.4, -0.2) is 147 Å². The van der Waals surface area contributed by atoms with Crippen LogP contribution in [0.1, 0.15) is 110 Å². The number of urea groups is 1. The zero-order valence-corrected chi connectivity index (χ0v) is 64.7. The number of fused-ring (bicyclic) bond motifs is 1. The lowest BCUT2D eigenvalue weighted by molar-refractivity contribution is -0.137. The molecule has 0 aromatic heterocycles. The maximum absolute atomic E-state index is 15.6. The van der Waals surface area contributed by atoms with Crippen LogP contribution in [0.2, 0.25) is 0 Å². The molecule has 0 unspecified atom stereocenters. The molecule has 1 fully saturated rings. The van der Waals surface area contributed by atoms with E-state index in [0.717, 1.165) is 61.5 Å². The smallest absolute Gasteiger partial charge is 0.416 e. The van der Waals surface area contributed by atoms with Gasteiger partial charge in [0.15, 0.2) is 5.78 Å². The molecule has 10 amide bonds. The molecule has 112 heavy (non-hydrogen) atoms. The summed E-state index contributed by atoms with van der Waals surface area (Å²) in [4.78, 5) is 147. The summed E-state index contributed by atoms with van der Waals surface area (Å²) in [6.07, 6.45) is -5.57. The van der Waals surface area contributed by atoms with Crippen molar-refractivity contribution in [3.05, 3.63) is 250 Å². The molecular formula is C83H93F3N10O13S3. The molecule has 7 aromatic carbocycles. The highest BCUT2D eigenvalue weighted by atomic mass is 33.1. The Morgan fingerprint density at radius 3 is 1.79 bits per heavy atom. The summed E-state index contributed by atoms with van der Waals surface area (Å²) < 4.78 is 44.8. The van der Waals surface area contributed by atoms with E-state index < -0.39 is 142 Å². The summed E-state index contributed by atoms with van der Waals surface area (Å²) in [6, 6.07) is 42.5. The van der Waals surface area contributed by atoms with Crippen LogP contribution in [0.3, 0.4) is 0 Å². The third kappa shape index (κ3) is 24.9. The number of benzene rings is 7. The SMILES string of the molecule is C[C@@H](O)[C@@H]1NC(=O)[C@H](CCCCNC(=O)OC(C)(C)C)NC(=O)[C@@H](CC2=CCc3ccccc32)NC(=O)[C@H](Cc2ccc(O)cc2)CC(=O)[C@@H](NC(=O)[C@@H](Cc2ccccc2)NC(=O)NCc2ccc(C(F)(F)F)cc2)CSSC[C@@H](C(=O)N[C@@H](CSC(c2ccccc2)(c2ccccc2)c2ccccc2)C(N)=O)NC1=O. The van der Waals surface area contributed by atoms with Gasteiger partial charge in [-0.3, -0.25) is 38.4 Å². The molecule has 0 saturated carbocycles. The van der Waals surface area contributed by atoms with Crippen molar-refractivity contribution in [2.75, 3.05) is 23.8 Å². The Balaban J connectivity index is 1.09. The number of hydrogen-bond acceptors (Lipinski definition) is 16. The quantitative estimate of drug-likeness (QED) is 0.0136. The second-order valence-corrected chi connectivity index (χ2v) is 32.1. The maximum atomic E-state index is 15.6. The number of carbonyl (C=O) groups is 10. The van der Waals surface area contributed by atoms with Crippen LogP contribution < -0.4 is 53.6 Å². The standard InChI is InChI=1S/C83H93F3N10O13S3/c1-51(97)71-78(106)94-69(77(105)93-68(72(87)100)48-110-82(58-24-11-6-12-25-58,59-26-13-7-14-27-59)60-28-15-8-16-29-60)50-112-111-49-67(92-75(103)65(44-52-21-9-5-10-22-52)95-79(107)89-47-54-32-38-61(39-33-54)83(84,85)86)70(99)46-57(43-53-34-40-62(98)41-35-53)73(101)91-66(45-56-37-36-55-23-17-18-30-63(55)56)76(104)90-64(74(102)96-71)31-19-20-42-88-80(108)109-81(2,3)4/h5-18,21-30,32-35,37-41,51,57,64-69,71,97-98H,19-20,31,36,42-50H2,1-4H3,(H2,87,100)(H,88,108)(H,90,104)(H,91,101)(H,92,103)(H,93,105)(H,94,106)(H,96,102)(H2,89,95,107)/t51-,57-,64+,65-,66-,67+,68+,69+,71+/m1/s1. The summed E-state index contributed by atoms with van der Waals surface area (Å²) in [6.45, 7) is 6.11. The second kappa shape index (κ2) is 40.5. The number of amides is 10. The number of primary amides is 1. The Bertz CT molecular complexity index is 4320. The molecule has 23 nitrogen and oxygen atoms in total. The first-order valence-electron chi connectivity index (χ1n) is 36.7. The van der Waals surface area contributed by atoms with Gasteiger partial charge < -0.3 is 68.5 Å². The van der Waals surface area contributed by atoms with Gasteiger partial charge in [0.25, 0.3) is 0 Å². The molecule has 7 aromatic rings. The van der Waals surface area contributed by atoms with Crippen LogP contribution in [0.5, 0.6) is 5.75 Å². The van der Waals surface area contributed by atoms with Crippen LogP contribution in [0.4, 0.5) is 22.8 Å². The number of nitrogens with one attached hydrogen (secondary N) is 9. The van der Waals surface area contributed by atoms with Gasteiger partial charge in [-0.25, -0.2) is 9.59 Å². The van der Waals surface area contributed by atoms with Gasteiger partial charge in [-0.2, -0.15) is 13.2 Å². The highest BCUT2D eigenvalue weighted by Gasteiger charge is 2.41. The number of ketones is 1. The molecule has 592 valence electrons. The Kier molecular flexibility index (Phi) is 30.9. The topological polar surface area (TPSA) is 355 Å². The number of aromatic hydroxyl groups is 1. The van der Waals surface area contributed by atoms with E-state index in [1.54, 1.807) is 63.2 Å². The van der Waals surface area contributed by atoms with E-state index in [2.05, 4.69) is 47.9 Å². The molecule has 13 N–H and O–H groups in total. The molecule has 1 saturated heterocycles. The van der Waals surface area contributed by atoms with Gasteiger partial charge in [0.1, 0.15) is 47.6 Å². The van der Waals surface area contributed by atoms with E-state index >= 15 is 33.6 Å². The third-order valence-corrected chi connectivity index (χ3v) is 22.8. The number of halogens is 3. The zero-order chi connectivity index (χ0) is 80.5. The van der Waals surface area contributed by atoms with E-state index in [4.69, 9.17) is 10.5 Å². The lowest BCUT2D eigenvalue weighted by Gasteiger charge is -2.36. The Morgan fingerprint density at radius 2 is 1.19 bits per heavy atom. The summed E-state index contributed by atoms with van der Waals surface area (Å²) in [7, 11) is 1.86. The van der Waals surface area contributed by atoms with Crippen molar-refractivity contribution in [2.45, 2.75) is 151 Å². The molecule has 0 spiro atoms. The lowest BCUT2D eigenvalue weighted by atomic mass is 9.84. The summed E-state index contributed by atoms with van der Waals surface area (Å²) in [5.74, 6) is -9.68. The van der Waals surface area contributed by atoms with Gasteiger partial charge >= 0.3 is 18.3 Å². The van der Waals surface area contributed by atoms with Crippen molar-refractivity contribution in [3.63, 3.8) is 0 Å². The molecule has 0 radical (unpaired) electrons. The number of rotatable bonds is 26. The van der Waals surface area contributed by atoms with Crippen molar-refractivity contribution in [2.24, 2.45) is 11.7 Å². The number of nitrogens with two attached hydrogens (primary N) is 1. The highest BCUT2D eigenvalue weighted by molar-refractivity contribution is 8.76.